The number of nitrogens with zero attached hydrogens (tertiary/aromatic N) is 1. The van der Waals surface area contributed by atoms with Crippen LogP contribution in [0.5, 0.6) is 11.5 Å². The fourth-order valence-corrected chi connectivity index (χ4v) is 3.13. The third-order valence-electron chi connectivity index (χ3n) is 4.24. The number of halogens is 1. The number of aromatic carboxylic acids is 1. The van der Waals surface area contributed by atoms with Gasteiger partial charge in [0.15, 0.2) is 11.5 Å². The Bertz CT molecular complexity index is 1090. The van der Waals surface area contributed by atoms with Crippen molar-refractivity contribution in [3.05, 3.63) is 58.1 Å². The highest BCUT2D eigenvalue weighted by Crippen LogP contribution is 2.36. The lowest BCUT2D eigenvalue weighted by Crippen LogP contribution is -2.54. The normalized spacial score (nSPS) is 15.2. The number of amides is 4. The number of carboxylic acid groups (broad SMARTS) is 1. The van der Waals surface area contributed by atoms with E-state index >= 15 is 0 Å². The number of carboxylic acids is 1. The predicted octanol–water partition coefficient (Wildman–Crippen LogP) is 2.72. The average Bonchev–Trinajstić information content (AvgIpc) is 2.70. The van der Waals surface area contributed by atoms with Gasteiger partial charge < -0.3 is 14.6 Å². The Balaban J connectivity index is 2.02. The summed E-state index contributed by atoms with van der Waals surface area (Å²) in [4.78, 5) is 49.2. The van der Waals surface area contributed by atoms with E-state index in [9.17, 15) is 19.2 Å². The summed E-state index contributed by atoms with van der Waals surface area (Å²) in [6, 6.07) is 7.11. The van der Waals surface area contributed by atoms with Gasteiger partial charge >= 0.3 is 12.0 Å². The van der Waals surface area contributed by atoms with Crippen molar-refractivity contribution in [2.75, 3.05) is 19.1 Å². The van der Waals surface area contributed by atoms with Gasteiger partial charge in [0.1, 0.15) is 5.57 Å². The maximum absolute atomic E-state index is 12.9. The Hall–Kier alpha value is -3.85. The lowest BCUT2D eigenvalue weighted by atomic mass is 10.1. The number of benzene rings is 2. The van der Waals surface area contributed by atoms with Gasteiger partial charge in [-0.15, -0.1) is 0 Å². The van der Waals surface area contributed by atoms with Crippen molar-refractivity contribution in [2.45, 2.75) is 0 Å². The van der Waals surface area contributed by atoms with Crippen LogP contribution in [-0.4, -0.2) is 43.1 Å². The largest absolute Gasteiger partial charge is 0.493 e. The molecule has 9 nitrogen and oxygen atoms in total. The van der Waals surface area contributed by atoms with Crippen molar-refractivity contribution < 1.29 is 33.8 Å². The average molecular weight is 431 g/mol. The zero-order valence-corrected chi connectivity index (χ0v) is 16.5. The number of carbonyl (C=O) groups is 4. The lowest BCUT2D eigenvalue weighted by molar-refractivity contribution is -0.122. The SMILES string of the molecule is COc1cc(/C=C2\C(=O)NC(=O)N(c3ccc(C(=O)O)cc3)C2=O)cc(Cl)c1OC. The smallest absolute Gasteiger partial charge is 0.335 e. The minimum Gasteiger partial charge on any atom is -0.493 e. The molecule has 0 bridgehead atoms. The second-order valence-electron chi connectivity index (χ2n) is 6.05. The van der Waals surface area contributed by atoms with Gasteiger partial charge in [-0.2, -0.15) is 0 Å². The highest BCUT2D eigenvalue weighted by atomic mass is 35.5. The standard InChI is InChI=1S/C20H15ClN2O7/c1-29-15-9-10(8-14(21)16(15)30-2)7-13-17(24)22-20(28)23(18(13)25)12-5-3-11(4-6-12)19(26)27/h3-9H,1-2H3,(H,26,27)(H,22,24,28)/b13-7+. The van der Waals surface area contributed by atoms with E-state index in [0.717, 1.165) is 4.90 Å². The third-order valence-corrected chi connectivity index (χ3v) is 4.52. The molecule has 2 aromatic rings. The molecule has 10 heteroatoms. The van der Waals surface area contributed by atoms with E-state index in [-0.39, 0.29) is 33.3 Å². The van der Waals surface area contributed by atoms with Crippen LogP contribution in [0.25, 0.3) is 6.08 Å². The summed E-state index contributed by atoms with van der Waals surface area (Å²) in [5.41, 5.74) is 0.133. The van der Waals surface area contributed by atoms with Gasteiger partial charge in [-0.3, -0.25) is 14.9 Å². The summed E-state index contributed by atoms with van der Waals surface area (Å²) in [5, 5.41) is 11.3. The zero-order valence-electron chi connectivity index (χ0n) is 15.8. The van der Waals surface area contributed by atoms with E-state index in [1.54, 1.807) is 0 Å². The van der Waals surface area contributed by atoms with Crippen LogP contribution in [0.4, 0.5) is 10.5 Å². The molecule has 0 saturated carbocycles. The number of imide groups is 2. The highest BCUT2D eigenvalue weighted by molar-refractivity contribution is 6.39. The molecule has 4 amide bonds. The fourth-order valence-electron chi connectivity index (χ4n) is 2.83. The molecule has 0 radical (unpaired) electrons. The summed E-state index contributed by atoms with van der Waals surface area (Å²) in [5.74, 6) is -2.34. The number of urea groups is 1. The molecule has 0 aromatic heterocycles. The number of hydrogen-bond donors (Lipinski definition) is 2. The molecule has 2 aromatic carbocycles. The van der Waals surface area contributed by atoms with Crippen LogP contribution in [0.3, 0.4) is 0 Å². The Labute approximate surface area is 175 Å². The number of rotatable bonds is 5. The van der Waals surface area contributed by atoms with Crippen LogP contribution in [-0.2, 0) is 9.59 Å². The highest BCUT2D eigenvalue weighted by Gasteiger charge is 2.37. The van der Waals surface area contributed by atoms with Gasteiger partial charge in [-0.1, -0.05) is 11.6 Å². The van der Waals surface area contributed by atoms with Crippen molar-refractivity contribution in [1.82, 2.24) is 5.32 Å². The minimum absolute atomic E-state index is 0.0181. The molecule has 0 unspecified atom stereocenters. The van der Waals surface area contributed by atoms with Crippen LogP contribution >= 0.6 is 11.6 Å². The summed E-state index contributed by atoms with van der Waals surface area (Å²) in [6.07, 6.45) is 1.26. The number of barbiturate groups is 1. The van der Waals surface area contributed by atoms with E-state index < -0.39 is 23.8 Å². The Morgan fingerprint density at radius 2 is 1.77 bits per heavy atom. The Morgan fingerprint density at radius 1 is 1.10 bits per heavy atom. The van der Waals surface area contributed by atoms with Gasteiger partial charge in [0, 0.05) is 0 Å². The molecule has 0 aliphatic carbocycles. The monoisotopic (exact) mass is 430 g/mol. The summed E-state index contributed by atoms with van der Waals surface area (Å²) >= 11 is 6.16. The first-order valence-corrected chi connectivity index (χ1v) is 8.81. The molecule has 0 spiro atoms. The summed E-state index contributed by atoms with van der Waals surface area (Å²) < 4.78 is 10.4. The molecular formula is C20H15ClN2O7. The van der Waals surface area contributed by atoms with Crippen molar-refractivity contribution in [3.8, 4) is 11.5 Å². The van der Waals surface area contributed by atoms with Crippen LogP contribution in [0, 0.1) is 0 Å². The maximum atomic E-state index is 12.9. The predicted molar refractivity (Wildman–Crippen MR) is 107 cm³/mol. The molecule has 1 heterocycles. The van der Waals surface area contributed by atoms with Gasteiger partial charge in [-0.25, -0.2) is 14.5 Å². The molecule has 0 atom stereocenters. The third kappa shape index (κ3) is 3.83. The second-order valence-corrected chi connectivity index (χ2v) is 6.46. The van der Waals surface area contributed by atoms with Crippen molar-refractivity contribution in [1.29, 1.82) is 0 Å². The van der Waals surface area contributed by atoms with Crippen LogP contribution in [0.15, 0.2) is 42.0 Å². The number of anilines is 1. The fraction of sp³-hybridized carbons (Fsp3) is 0.100. The number of carbonyl (C=O) groups excluding carboxylic acids is 3. The van der Waals surface area contributed by atoms with Gasteiger partial charge in [0.25, 0.3) is 11.8 Å². The van der Waals surface area contributed by atoms with E-state index in [2.05, 4.69) is 5.32 Å². The molecule has 154 valence electrons. The lowest BCUT2D eigenvalue weighted by Gasteiger charge is -2.26. The number of methoxy groups -OCH3 is 2. The van der Waals surface area contributed by atoms with E-state index in [4.69, 9.17) is 26.2 Å². The number of hydrogen-bond acceptors (Lipinski definition) is 6. The van der Waals surface area contributed by atoms with Crippen molar-refractivity contribution >= 4 is 47.2 Å². The topological polar surface area (TPSA) is 122 Å². The minimum atomic E-state index is -1.16. The van der Waals surface area contributed by atoms with E-state index in [0.29, 0.717) is 5.56 Å². The van der Waals surface area contributed by atoms with Crippen molar-refractivity contribution in [2.24, 2.45) is 0 Å². The molecule has 30 heavy (non-hydrogen) atoms. The first kappa shape index (κ1) is 20.9. The zero-order chi connectivity index (χ0) is 22.0. The number of nitrogens with one attached hydrogen (secondary N) is 1. The molecule has 1 saturated heterocycles. The number of ether oxygens (including phenoxy) is 2. The molecule has 1 fully saturated rings. The Kier molecular flexibility index (Phi) is 5.74. The maximum Gasteiger partial charge on any atom is 0.335 e. The van der Waals surface area contributed by atoms with Gasteiger partial charge in [0.05, 0.1) is 30.5 Å². The molecular weight excluding hydrogens is 416 g/mol. The summed E-state index contributed by atoms with van der Waals surface area (Å²) in [6.45, 7) is 0. The van der Waals surface area contributed by atoms with E-state index in [1.807, 2.05) is 0 Å². The Morgan fingerprint density at radius 3 is 2.33 bits per heavy atom. The first-order valence-electron chi connectivity index (χ1n) is 8.43. The van der Waals surface area contributed by atoms with E-state index in [1.165, 1.54) is 56.7 Å². The quantitative estimate of drug-likeness (QED) is 0.552. The second kappa shape index (κ2) is 8.26. The first-order chi connectivity index (χ1) is 14.3. The van der Waals surface area contributed by atoms with Crippen molar-refractivity contribution in [3.63, 3.8) is 0 Å². The molecule has 2 N–H and O–H groups in total. The van der Waals surface area contributed by atoms with Crippen LogP contribution in [0.1, 0.15) is 15.9 Å². The van der Waals surface area contributed by atoms with Gasteiger partial charge in [0.2, 0.25) is 0 Å². The van der Waals surface area contributed by atoms with Crippen LogP contribution < -0.4 is 19.7 Å². The van der Waals surface area contributed by atoms with Crippen LogP contribution in [0.2, 0.25) is 5.02 Å². The molecule has 1 aliphatic rings. The van der Waals surface area contributed by atoms with Gasteiger partial charge in [-0.05, 0) is 48.0 Å². The molecule has 3 rings (SSSR count). The molecule has 1 aliphatic heterocycles. The summed E-state index contributed by atoms with van der Waals surface area (Å²) in [7, 11) is 2.82.